The first-order valence-electron chi connectivity index (χ1n) is 5.80. The van der Waals surface area contributed by atoms with Crippen LogP contribution in [-0.2, 0) is 6.54 Å². The fourth-order valence-corrected chi connectivity index (χ4v) is 2.03. The van der Waals surface area contributed by atoms with Gasteiger partial charge in [-0.3, -0.25) is 0 Å². The lowest BCUT2D eigenvalue weighted by molar-refractivity contribution is 0.301. The fraction of sp³-hybridized carbons (Fsp3) is 0.583. The number of aromatic nitrogens is 1. The second-order valence-corrected chi connectivity index (χ2v) is 4.28. The highest BCUT2D eigenvalue weighted by Crippen LogP contribution is 2.32. The summed E-state index contributed by atoms with van der Waals surface area (Å²) in [6.07, 6.45) is 4.20. The summed E-state index contributed by atoms with van der Waals surface area (Å²) in [5.41, 5.74) is 8.05. The third kappa shape index (κ3) is 2.18. The zero-order chi connectivity index (χ0) is 11.5. The Kier molecular flexibility index (Phi) is 3.41. The highest BCUT2D eigenvalue weighted by molar-refractivity contribution is 5.52. The van der Waals surface area contributed by atoms with Crippen molar-refractivity contribution in [2.75, 3.05) is 18.1 Å². The number of rotatable bonds is 5. The zero-order valence-corrected chi connectivity index (χ0v) is 9.69. The maximum Gasteiger partial charge on any atom is 0.133 e. The van der Waals surface area contributed by atoms with E-state index in [0.29, 0.717) is 19.1 Å². The summed E-state index contributed by atoms with van der Waals surface area (Å²) in [7, 11) is 0. The summed E-state index contributed by atoms with van der Waals surface area (Å²) < 4.78 is 0. The van der Waals surface area contributed by atoms with Gasteiger partial charge in [-0.15, -0.1) is 0 Å². The van der Waals surface area contributed by atoms with Crippen molar-refractivity contribution in [3.05, 3.63) is 23.4 Å². The predicted octanol–water partition coefficient (Wildman–Crippen LogP) is 0.810. The number of hydrogen-bond acceptors (Lipinski definition) is 4. The molecule has 0 amide bonds. The van der Waals surface area contributed by atoms with Gasteiger partial charge < -0.3 is 15.7 Å². The van der Waals surface area contributed by atoms with Crippen LogP contribution in [0.5, 0.6) is 0 Å². The third-order valence-corrected chi connectivity index (χ3v) is 3.07. The van der Waals surface area contributed by atoms with Gasteiger partial charge >= 0.3 is 0 Å². The van der Waals surface area contributed by atoms with Crippen molar-refractivity contribution in [3.8, 4) is 0 Å². The lowest BCUT2D eigenvalue weighted by atomic mass is 10.1. The fourth-order valence-electron chi connectivity index (χ4n) is 2.03. The molecule has 1 aromatic rings. The molecule has 1 aliphatic rings. The topological polar surface area (TPSA) is 62.4 Å². The van der Waals surface area contributed by atoms with Crippen molar-refractivity contribution in [2.45, 2.75) is 32.4 Å². The van der Waals surface area contributed by atoms with E-state index in [4.69, 9.17) is 10.8 Å². The van der Waals surface area contributed by atoms with Gasteiger partial charge in [0.15, 0.2) is 0 Å². The number of pyridine rings is 1. The first kappa shape index (κ1) is 11.4. The lowest BCUT2D eigenvalue weighted by Crippen LogP contribution is -2.31. The summed E-state index contributed by atoms with van der Waals surface area (Å²) in [6.45, 7) is 3.37. The number of nitrogens with two attached hydrogens (primary N) is 1. The predicted molar refractivity (Wildman–Crippen MR) is 64.3 cm³/mol. The number of aliphatic hydroxyl groups excluding tert-OH is 1. The van der Waals surface area contributed by atoms with E-state index < -0.39 is 0 Å². The van der Waals surface area contributed by atoms with Crippen molar-refractivity contribution in [2.24, 2.45) is 5.73 Å². The molecule has 0 saturated heterocycles. The maximum atomic E-state index is 9.11. The average Bonchev–Trinajstić information content (AvgIpc) is 3.09. The molecule has 0 radical (unpaired) electrons. The van der Waals surface area contributed by atoms with Gasteiger partial charge in [0, 0.05) is 30.9 Å². The quantitative estimate of drug-likeness (QED) is 0.772. The minimum Gasteiger partial charge on any atom is -0.395 e. The molecule has 2 rings (SSSR count). The number of anilines is 1. The van der Waals surface area contributed by atoms with Gasteiger partial charge in [0.1, 0.15) is 5.82 Å². The van der Waals surface area contributed by atoms with Crippen LogP contribution in [0.2, 0.25) is 0 Å². The average molecular weight is 221 g/mol. The normalized spacial score (nSPS) is 15.2. The van der Waals surface area contributed by atoms with Gasteiger partial charge in [-0.25, -0.2) is 4.98 Å². The molecule has 1 fully saturated rings. The molecule has 1 aromatic heterocycles. The van der Waals surface area contributed by atoms with Crippen LogP contribution >= 0.6 is 0 Å². The van der Waals surface area contributed by atoms with E-state index in [1.807, 2.05) is 12.3 Å². The van der Waals surface area contributed by atoms with Crippen molar-refractivity contribution in [1.29, 1.82) is 0 Å². The Balaban J connectivity index is 2.32. The summed E-state index contributed by atoms with van der Waals surface area (Å²) in [5.74, 6) is 0.957. The Morgan fingerprint density at radius 1 is 1.56 bits per heavy atom. The number of nitrogens with zero attached hydrogens (tertiary/aromatic N) is 2. The zero-order valence-electron chi connectivity index (χ0n) is 9.69. The molecule has 0 aromatic carbocycles. The van der Waals surface area contributed by atoms with Crippen LogP contribution in [0.4, 0.5) is 5.82 Å². The molecule has 1 saturated carbocycles. The Hall–Kier alpha value is -1.13. The van der Waals surface area contributed by atoms with Crippen LogP contribution in [0, 0.1) is 6.92 Å². The van der Waals surface area contributed by atoms with Crippen molar-refractivity contribution >= 4 is 5.82 Å². The second-order valence-electron chi connectivity index (χ2n) is 4.28. The van der Waals surface area contributed by atoms with E-state index >= 15 is 0 Å². The monoisotopic (exact) mass is 221 g/mol. The summed E-state index contributed by atoms with van der Waals surface area (Å²) in [6, 6.07) is 2.53. The SMILES string of the molecule is Cc1ccnc(N(CCO)C2CC2)c1CN. The van der Waals surface area contributed by atoms with Crippen molar-refractivity contribution in [3.63, 3.8) is 0 Å². The van der Waals surface area contributed by atoms with Crippen LogP contribution < -0.4 is 10.6 Å². The molecular formula is C12H19N3O. The van der Waals surface area contributed by atoms with E-state index in [9.17, 15) is 0 Å². The van der Waals surface area contributed by atoms with E-state index in [2.05, 4.69) is 16.8 Å². The molecule has 0 aliphatic heterocycles. The highest BCUT2D eigenvalue weighted by atomic mass is 16.3. The Morgan fingerprint density at radius 2 is 2.31 bits per heavy atom. The van der Waals surface area contributed by atoms with E-state index in [1.54, 1.807) is 0 Å². The molecule has 16 heavy (non-hydrogen) atoms. The Labute approximate surface area is 96.1 Å². The lowest BCUT2D eigenvalue weighted by Gasteiger charge is -2.25. The molecule has 0 atom stereocenters. The minimum atomic E-state index is 0.163. The van der Waals surface area contributed by atoms with E-state index in [1.165, 1.54) is 18.4 Å². The molecule has 0 spiro atoms. The van der Waals surface area contributed by atoms with Crippen LogP contribution in [0.15, 0.2) is 12.3 Å². The molecule has 1 aliphatic carbocycles. The highest BCUT2D eigenvalue weighted by Gasteiger charge is 2.30. The Morgan fingerprint density at radius 3 is 2.88 bits per heavy atom. The Bertz CT molecular complexity index is 363. The smallest absolute Gasteiger partial charge is 0.133 e. The van der Waals surface area contributed by atoms with Gasteiger partial charge in [-0.05, 0) is 31.4 Å². The van der Waals surface area contributed by atoms with Gasteiger partial charge in [-0.2, -0.15) is 0 Å². The largest absolute Gasteiger partial charge is 0.395 e. The summed E-state index contributed by atoms with van der Waals surface area (Å²) in [4.78, 5) is 6.62. The van der Waals surface area contributed by atoms with Crippen LogP contribution in [0.3, 0.4) is 0 Å². The van der Waals surface area contributed by atoms with Gasteiger partial charge in [-0.1, -0.05) is 0 Å². The third-order valence-electron chi connectivity index (χ3n) is 3.07. The van der Waals surface area contributed by atoms with Crippen LogP contribution in [0.1, 0.15) is 24.0 Å². The minimum absolute atomic E-state index is 0.163. The van der Waals surface area contributed by atoms with Gasteiger partial charge in [0.2, 0.25) is 0 Å². The number of aliphatic hydroxyl groups is 1. The first-order valence-corrected chi connectivity index (χ1v) is 5.80. The number of hydrogen-bond donors (Lipinski definition) is 2. The molecule has 1 heterocycles. The molecule has 0 unspecified atom stereocenters. The molecule has 88 valence electrons. The van der Waals surface area contributed by atoms with Crippen molar-refractivity contribution < 1.29 is 5.11 Å². The van der Waals surface area contributed by atoms with Crippen molar-refractivity contribution in [1.82, 2.24) is 4.98 Å². The molecular weight excluding hydrogens is 202 g/mol. The van der Waals surface area contributed by atoms with E-state index in [0.717, 1.165) is 11.4 Å². The molecule has 4 heteroatoms. The molecule has 4 nitrogen and oxygen atoms in total. The standard InChI is InChI=1S/C12H19N3O/c1-9-4-5-14-12(11(9)8-13)15(6-7-16)10-2-3-10/h4-5,10,16H,2-3,6-8,13H2,1H3. The second kappa shape index (κ2) is 4.80. The van der Waals surface area contributed by atoms with E-state index in [-0.39, 0.29) is 6.61 Å². The van der Waals surface area contributed by atoms with Gasteiger partial charge in [0.25, 0.3) is 0 Å². The summed E-state index contributed by atoms with van der Waals surface area (Å²) in [5, 5.41) is 9.11. The molecule has 0 bridgehead atoms. The van der Waals surface area contributed by atoms with Crippen LogP contribution in [-0.4, -0.2) is 29.3 Å². The molecule has 3 N–H and O–H groups in total. The first-order chi connectivity index (χ1) is 7.77. The summed E-state index contributed by atoms with van der Waals surface area (Å²) >= 11 is 0. The van der Waals surface area contributed by atoms with Crippen LogP contribution in [0.25, 0.3) is 0 Å². The van der Waals surface area contributed by atoms with Gasteiger partial charge in [0.05, 0.1) is 6.61 Å². The maximum absolute atomic E-state index is 9.11. The number of aryl methyl sites for hydroxylation is 1.